The Hall–Kier alpha value is -3.23. The van der Waals surface area contributed by atoms with Gasteiger partial charge in [-0.3, -0.25) is 0 Å². The van der Waals surface area contributed by atoms with Crippen LogP contribution in [0.4, 0.5) is 0 Å². The second-order valence-corrected chi connectivity index (χ2v) is 7.77. The Morgan fingerprint density at radius 3 is 2.73 bits per heavy atom. The maximum Gasteiger partial charge on any atom is 0.338 e. The van der Waals surface area contributed by atoms with E-state index in [1.807, 2.05) is 12.3 Å². The van der Waals surface area contributed by atoms with Crippen LogP contribution in [0.15, 0.2) is 58.4 Å². The van der Waals surface area contributed by atoms with Crippen LogP contribution in [0, 0.1) is 6.92 Å². The molecule has 0 radical (unpaired) electrons. The Morgan fingerprint density at radius 2 is 1.97 bits per heavy atom. The summed E-state index contributed by atoms with van der Waals surface area (Å²) in [6.07, 6.45) is 0. The third-order valence-electron chi connectivity index (χ3n) is 4.02. The van der Waals surface area contributed by atoms with Crippen LogP contribution in [0.1, 0.15) is 27.0 Å². The van der Waals surface area contributed by atoms with Crippen molar-refractivity contribution in [1.82, 2.24) is 15.1 Å². The third kappa shape index (κ3) is 5.03. The molecule has 0 N–H and O–H groups in total. The van der Waals surface area contributed by atoms with Crippen molar-refractivity contribution in [2.45, 2.75) is 20.1 Å². The first-order valence-corrected chi connectivity index (χ1v) is 10.2. The SMILES string of the molecule is Cc1nc(COc2cccc(C(=O)OCc3nc(-c4ccc(Cl)cc4)no3)c2)cs1. The summed E-state index contributed by atoms with van der Waals surface area (Å²) in [5.41, 5.74) is 1.96. The number of aryl methyl sites for hydroxylation is 1. The Balaban J connectivity index is 1.34. The Kier molecular flexibility index (Phi) is 6.06. The van der Waals surface area contributed by atoms with Crippen LogP contribution >= 0.6 is 22.9 Å². The van der Waals surface area contributed by atoms with Crippen LogP contribution in [0.25, 0.3) is 11.4 Å². The molecule has 0 spiro atoms. The van der Waals surface area contributed by atoms with Crippen LogP contribution in [0.3, 0.4) is 0 Å². The summed E-state index contributed by atoms with van der Waals surface area (Å²) >= 11 is 7.44. The lowest BCUT2D eigenvalue weighted by Gasteiger charge is -2.06. The van der Waals surface area contributed by atoms with Gasteiger partial charge in [-0.15, -0.1) is 11.3 Å². The minimum Gasteiger partial charge on any atom is -0.487 e. The fraction of sp³-hybridized carbons (Fsp3) is 0.143. The van der Waals surface area contributed by atoms with Crippen molar-refractivity contribution in [1.29, 1.82) is 0 Å². The van der Waals surface area contributed by atoms with E-state index in [0.717, 1.165) is 16.3 Å². The average Bonchev–Trinajstić information content (AvgIpc) is 3.40. The maximum absolute atomic E-state index is 12.4. The predicted octanol–water partition coefficient (Wildman–Crippen LogP) is 5.09. The van der Waals surface area contributed by atoms with Gasteiger partial charge in [-0.1, -0.05) is 22.8 Å². The first kappa shape index (κ1) is 20.1. The van der Waals surface area contributed by atoms with Gasteiger partial charge in [-0.25, -0.2) is 9.78 Å². The lowest BCUT2D eigenvalue weighted by molar-refractivity contribution is 0.0429. The molecule has 4 aromatic rings. The molecule has 0 unspecified atom stereocenters. The predicted molar refractivity (Wildman–Crippen MR) is 111 cm³/mol. The molecule has 2 aromatic carbocycles. The average molecular weight is 442 g/mol. The van der Waals surface area contributed by atoms with Gasteiger partial charge < -0.3 is 14.0 Å². The monoisotopic (exact) mass is 441 g/mol. The van der Waals surface area contributed by atoms with E-state index >= 15 is 0 Å². The van der Waals surface area contributed by atoms with Crippen LogP contribution in [0.5, 0.6) is 5.75 Å². The number of benzene rings is 2. The Morgan fingerprint density at radius 1 is 1.13 bits per heavy atom. The fourth-order valence-electron chi connectivity index (χ4n) is 2.58. The van der Waals surface area contributed by atoms with E-state index in [9.17, 15) is 4.79 Å². The largest absolute Gasteiger partial charge is 0.487 e. The standard InChI is InChI=1S/C21H16ClN3O4S/c1-13-23-17(12-30-13)10-27-18-4-2-3-15(9-18)21(26)28-11-19-24-20(25-29-19)14-5-7-16(22)8-6-14/h2-9,12H,10-11H2,1H3. The second-order valence-electron chi connectivity index (χ2n) is 6.27. The van der Waals surface area contributed by atoms with Crippen molar-refractivity contribution >= 4 is 28.9 Å². The first-order valence-electron chi connectivity index (χ1n) is 8.96. The van der Waals surface area contributed by atoms with Crippen molar-refractivity contribution in [2.75, 3.05) is 0 Å². The Bertz CT molecular complexity index is 1160. The summed E-state index contributed by atoms with van der Waals surface area (Å²) in [6, 6.07) is 13.8. The second kappa shape index (κ2) is 9.06. The molecule has 9 heteroatoms. The van der Waals surface area contributed by atoms with Crippen molar-refractivity contribution in [2.24, 2.45) is 0 Å². The van der Waals surface area contributed by atoms with Gasteiger partial charge in [-0.05, 0) is 49.4 Å². The summed E-state index contributed by atoms with van der Waals surface area (Å²) in [5, 5.41) is 7.42. The summed E-state index contributed by atoms with van der Waals surface area (Å²) in [4.78, 5) is 20.9. The van der Waals surface area contributed by atoms with Gasteiger partial charge in [-0.2, -0.15) is 4.98 Å². The Labute approximate surface area is 181 Å². The van der Waals surface area contributed by atoms with Crippen LogP contribution in [-0.4, -0.2) is 21.1 Å². The van der Waals surface area contributed by atoms with Gasteiger partial charge in [0.25, 0.3) is 5.89 Å². The highest BCUT2D eigenvalue weighted by Gasteiger charge is 2.13. The molecule has 0 saturated carbocycles. The van der Waals surface area contributed by atoms with Crippen molar-refractivity contribution in [3.63, 3.8) is 0 Å². The smallest absolute Gasteiger partial charge is 0.338 e. The van der Waals surface area contributed by atoms with Gasteiger partial charge in [0.1, 0.15) is 12.4 Å². The summed E-state index contributed by atoms with van der Waals surface area (Å²) in [5.74, 6) is 0.624. The zero-order valence-corrected chi connectivity index (χ0v) is 17.4. The number of nitrogens with zero attached hydrogens (tertiary/aromatic N) is 3. The number of thiazole rings is 1. The topological polar surface area (TPSA) is 87.3 Å². The molecule has 30 heavy (non-hydrogen) atoms. The third-order valence-corrected chi connectivity index (χ3v) is 5.09. The van der Waals surface area contributed by atoms with E-state index in [0.29, 0.717) is 28.8 Å². The zero-order valence-electron chi connectivity index (χ0n) is 15.9. The lowest BCUT2D eigenvalue weighted by atomic mass is 10.2. The normalized spacial score (nSPS) is 10.7. The lowest BCUT2D eigenvalue weighted by Crippen LogP contribution is -2.06. The van der Waals surface area contributed by atoms with Gasteiger partial charge in [0.15, 0.2) is 6.61 Å². The molecule has 2 heterocycles. The molecular weight excluding hydrogens is 426 g/mol. The molecule has 0 fully saturated rings. The van der Waals surface area contributed by atoms with Crippen molar-refractivity contribution < 1.29 is 18.8 Å². The van der Waals surface area contributed by atoms with Gasteiger partial charge >= 0.3 is 5.97 Å². The number of hydrogen-bond acceptors (Lipinski definition) is 8. The molecule has 0 amide bonds. The minimum absolute atomic E-state index is 0.136. The molecule has 2 aromatic heterocycles. The highest BCUT2D eigenvalue weighted by molar-refractivity contribution is 7.09. The van der Waals surface area contributed by atoms with Gasteiger partial charge in [0.05, 0.1) is 16.3 Å². The van der Waals surface area contributed by atoms with E-state index in [1.165, 1.54) is 0 Å². The molecule has 0 aliphatic heterocycles. The first-order chi connectivity index (χ1) is 14.6. The molecule has 7 nitrogen and oxygen atoms in total. The quantitative estimate of drug-likeness (QED) is 0.369. The maximum atomic E-state index is 12.4. The minimum atomic E-state index is -0.517. The van der Waals surface area contributed by atoms with Crippen molar-refractivity contribution in [3.05, 3.63) is 81.1 Å². The number of aromatic nitrogens is 3. The van der Waals surface area contributed by atoms with Gasteiger partial charge in [0.2, 0.25) is 5.82 Å². The number of esters is 1. The molecule has 0 bridgehead atoms. The van der Waals surface area contributed by atoms with E-state index in [-0.39, 0.29) is 12.5 Å². The van der Waals surface area contributed by atoms with Crippen LogP contribution in [-0.2, 0) is 18.0 Å². The van der Waals surface area contributed by atoms with Crippen LogP contribution in [0.2, 0.25) is 5.02 Å². The van der Waals surface area contributed by atoms with Gasteiger partial charge in [0, 0.05) is 16.0 Å². The van der Waals surface area contributed by atoms with Crippen molar-refractivity contribution in [3.8, 4) is 17.1 Å². The fourth-order valence-corrected chi connectivity index (χ4v) is 3.31. The molecule has 0 aliphatic carbocycles. The van der Waals surface area contributed by atoms with E-state index in [1.54, 1.807) is 59.9 Å². The number of carbonyl (C=O) groups is 1. The summed E-state index contributed by atoms with van der Waals surface area (Å²) in [7, 11) is 0. The highest BCUT2D eigenvalue weighted by atomic mass is 35.5. The number of hydrogen-bond donors (Lipinski definition) is 0. The number of carbonyl (C=O) groups excluding carboxylic acids is 1. The number of rotatable bonds is 7. The summed E-state index contributed by atoms with van der Waals surface area (Å²) in [6.45, 7) is 2.13. The van der Waals surface area contributed by atoms with E-state index < -0.39 is 5.97 Å². The molecular formula is C21H16ClN3O4S. The molecule has 0 aliphatic rings. The van der Waals surface area contributed by atoms with E-state index in [4.69, 9.17) is 25.6 Å². The van der Waals surface area contributed by atoms with E-state index in [2.05, 4.69) is 15.1 Å². The molecule has 152 valence electrons. The number of halogens is 1. The van der Waals surface area contributed by atoms with Crippen LogP contribution < -0.4 is 4.74 Å². The zero-order chi connectivity index (χ0) is 20.9. The summed E-state index contributed by atoms with van der Waals surface area (Å²) < 4.78 is 16.1. The molecule has 0 atom stereocenters. The highest BCUT2D eigenvalue weighted by Crippen LogP contribution is 2.20. The molecule has 0 saturated heterocycles. The molecule has 4 rings (SSSR count). The number of ether oxygens (including phenoxy) is 2.